The SMILES string of the molecule is CC(C)CCS(=O)(=O)NCCCC(=N)N. The lowest BCUT2D eigenvalue weighted by molar-refractivity contribution is 0.560. The van der Waals surface area contributed by atoms with Crippen molar-refractivity contribution in [1.29, 1.82) is 5.41 Å². The molecule has 0 saturated carbocycles. The van der Waals surface area contributed by atoms with Gasteiger partial charge in [0.1, 0.15) is 0 Å². The molecular formula is C9H21N3O2S. The van der Waals surface area contributed by atoms with E-state index in [2.05, 4.69) is 4.72 Å². The van der Waals surface area contributed by atoms with Gasteiger partial charge in [0.2, 0.25) is 10.0 Å². The van der Waals surface area contributed by atoms with E-state index >= 15 is 0 Å². The summed E-state index contributed by atoms with van der Waals surface area (Å²) in [6.07, 6.45) is 1.69. The van der Waals surface area contributed by atoms with Gasteiger partial charge in [0.15, 0.2) is 0 Å². The molecule has 0 saturated heterocycles. The van der Waals surface area contributed by atoms with E-state index < -0.39 is 10.0 Å². The van der Waals surface area contributed by atoms with Crippen LogP contribution in [0.2, 0.25) is 0 Å². The number of hydrogen-bond acceptors (Lipinski definition) is 3. The van der Waals surface area contributed by atoms with Crippen LogP contribution in [0.1, 0.15) is 33.1 Å². The van der Waals surface area contributed by atoms with E-state index in [4.69, 9.17) is 11.1 Å². The summed E-state index contributed by atoms with van der Waals surface area (Å²) in [5.41, 5.74) is 5.15. The van der Waals surface area contributed by atoms with Crippen molar-refractivity contribution in [2.45, 2.75) is 33.1 Å². The molecule has 15 heavy (non-hydrogen) atoms. The highest BCUT2D eigenvalue weighted by molar-refractivity contribution is 7.89. The van der Waals surface area contributed by atoms with E-state index in [0.717, 1.165) is 0 Å². The van der Waals surface area contributed by atoms with E-state index in [9.17, 15) is 8.42 Å². The average Bonchev–Trinajstić information content (AvgIpc) is 2.09. The Bertz CT molecular complexity index is 286. The monoisotopic (exact) mass is 235 g/mol. The van der Waals surface area contributed by atoms with Gasteiger partial charge in [-0.05, 0) is 18.8 Å². The van der Waals surface area contributed by atoms with Gasteiger partial charge in [0, 0.05) is 13.0 Å². The highest BCUT2D eigenvalue weighted by Crippen LogP contribution is 2.01. The zero-order valence-electron chi connectivity index (χ0n) is 9.41. The standard InChI is InChI=1S/C9H21N3O2S/c1-8(2)5-7-15(13,14)12-6-3-4-9(10)11/h8,12H,3-7H2,1-2H3,(H3,10,11). The summed E-state index contributed by atoms with van der Waals surface area (Å²) in [6.45, 7) is 4.34. The molecule has 0 bridgehead atoms. The number of sulfonamides is 1. The smallest absolute Gasteiger partial charge is 0.211 e. The Morgan fingerprint density at radius 1 is 1.47 bits per heavy atom. The summed E-state index contributed by atoms with van der Waals surface area (Å²) in [4.78, 5) is 0. The van der Waals surface area contributed by atoms with Crippen LogP contribution < -0.4 is 10.5 Å². The zero-order chi connectivity index (χ0) is 11.9. The summed E-state index contributed by atoms with van der Waals surface area (Å²) in [6, 6.07) is 0. The van der Waals surface area contributed by atoms with Crippen LogP contribution in [0.15, 0.2) is 0 Å². The third kappa shape index (κ3) is 9.68. The molecule has 90 valence electrons. The minimum Gasteiger partial charge on any atom is -0.388 e. The van der Waals surface area contributed by atoms with Gasteiger partial charge < -0.3 is 5.73 Å². The van der Waals surface area contributed by atoms with Crippen molar-refractivity contribution in [2.24, 2.45) is 11.7 Å². The van der Waals surface area contributed by atoms with Crippen molar-refractivity contribution in [1.82, 2.24) is 4.72 Å². The van der Waals surface area contributed by atoms with Gasteiger partial charge in [-0.3, -0.25) is 5.41 Å². The second kappa shape index (κ2) is 6.79. The first kappa shape index (κ1) is 14.4. The molecule has 0 heterocycles. The summed E-state index contributed by atoms with van der Waals surface area (Å²) >= 11 is 0. The van der Waals surface area contributed by atoms with Crippen molar-refractivity contribution in [3.63, 3.8) is 0 Å². The van der Waals surface area contributed by atoms with E-state index in [1.807, 2.05) is 13.8 Å². The van der Waals surface area contributed by atoms with E-state index in [0.29, 0.717) is 31.7 Å². The third-order valence-electron chi connectivity index (χ3n) is 1.91. The fraction of sp³-hybridized carbons (Fsp3) is 0.889. The lowest BCUT2D eigenvalue weighted by Gasteiger charge is -2.07. The predicted molar refractivity (Wildman–Crippen MR) is 62.4 cm³/mol. The molecule has 0 aliphatic heterocycles. The Balaban J connectivity index is 3.70. The number of rotatable bonds is 8. The number of nitrogens with one attached hydrogen (secondary N) is 2. The van der Waals surface area contributed by atoms with Crippen LogP contribution in [0.5, 0.6) is 0 Å². The van der Waals surface area contributed by atoms with Gasteiger partial charge in [-0.1, -0.05) is 13.8 Å². The van der Waals surface area contributed by atoms with Gasteiger partial charge in [0.05, 0.1) is 11.6 Å². The predicted octanol–water partition coefficient (Wildman–Crippen LogP) is 0.668. The quantitative estimate of drug-likeness (QED) is 0.328. The maximum absolute atomic E-state index is 11.4. The lowest BCUT2D eigenvalue weighted by atomic mass is 10.2. The van der Waals surface area contributed by atoms with Crippen molar-refractivity contribution in [3.8, 4) is 0 Å². The molecule has 0 spiro atoms. The lowest BCUT2D eigenvalue weighted by Crippen LogP contribution is -2.28. The first-order valence-electron chi connectivity index (χ1n) is 5.13. The summed E-state index contributed by atoms with van der Waals surface area (Å²) in [5.74, 6) is 0.653. The molecule has 0 unspecified atom stereocenters. The molecular weight excluding hydrogens is 214 g/mol. The Kier molecular flexibility index (Phi) is 6.51. The fourth-order valence-corrected chi connectivity index (χ4v) is 2.35. The maximum atomic E-state index is 11.4. The van der Waals surface area contributed by atoms with Crippen molar-refractivity contribution in [2.75, 3.05) is 12.3 Å². The van der Waals surface area contributed by atoms with Gasteiger partial charge in [-0.2, -0.15) is 0 Å². The van der Waals surface area contributed by atoms with E-state index in [1.54, 1.807) is 0 Å². The molecule has 6 heteroatoms. The Labute approximate surface area is 92.0 Å². The highest BCUT2D eigenvalue weighted by Gasteiger charge is 2.09. The average molecular weight is 235 g/mol. The normalized spacial score (nSPS) is 11.9. The topological polar surface area (TPSA) is 96.0 Å². The second-order valence-electron chi connectivity index (χ2n) is 4.02. The van der Waals surface area contributed by atoms with Crippen LogP contribution in [-0.2, 0) is 10.0 Å². The van der Waals surface area contributed by atoms with E-state index in [-0.39, 0.29) is 11.6 Å². The first-order valence-corrected chi connectivity index (χ1v) is 6.79. The van der Waals surface area contributed by atoms with Crippen molar-refractivity contribution >= 4 is 15.9 Å². The molecule has 4 N–H and O–H groups in total. The number of hydrogen-bond donors (Lipinski definition) is 3. The number of nitrogens with two attached hydrogens (primary N) is 1. The van der Waals surface area contributed by atoms with Crippen LogP contribution in [0.25, 0.3) is 0 Å². The van der Waals surface area contributed by atoms with Crippen LogP contribution in [0.4, 0.5) is 0 Å². The Hall–Kier alpha value is -0.620. The van der Waals surface area contributed by atoms with Crippen LogP contribution in [0, 0.1) is 11.3 Å². The van der Waals surface area contributed by atoms with E-state index in [1.165, 1.54) is 0 Å². The summed E-state index contributed by atoms with van der Waals surface area (Å²) in [7, 11) is -3.14. The van der Waals surface area contributed by atoms with Gasteiger partial charge in [0.25, 0.3) is 0 Å². The second-order valence-corrected chi connectivity index (χ2v) is 5.95. The fourth-order valence-electron chi connectivity index (χ4n) is 0.970. The minimum atomic E-state index is -3.14. The molecule has 0 fully saturated rings. The zero-order valence-corrected chi connectivity index (χ0v) is 10.2. The molecule has 0 aromatic carbocycles. The molecule has 0 amide bonds. The van der Waals surface area contributed by atoms with Crippen molar-refractivity contribution < 1.29 is 8.42 Å². The summed E-state index contributed by atoms with van der Waals surface area (Å²) in [5, 5.41) is 6.97. The molecule has 5 nitrogen and oxygen atoms in total. The maximum Gasteiger partial charge on any atom is 0.211 e. The first-order chi connectivity index (χ1) is 6.83. The molecule has 0 aliphatic carbocycles. The minimum absolute atomic E-state index is 0.0939. The number of amidine groups is 1. The molecule has 0 atom stereocenters. The van der Waals surface area contributed by atoms with Crippen LogP contribution in [0.3, 0.4) is 0 Å². The molecule has 0 aliphatic rings. The summed E-state index contributed by atoms with van der Waals surface area (Å²) < 4.78 is 25.3. The van der Waals surface area contributed by atoms with Crippen LogP contribution >= 0.6 is 0 Å². The molecule has 0 aromatic rings. The Morgan fingerprint density at radius 2 is 2.07 bits per heavy atom. The van der Waals surface area contributed by atoms with Gasteiger partial charge >= 0.3 is 0 Å². The molecule has 0 rings (SSSR count). The van der Waals surface area contributed by atoms with Gasteiger partial charge in [-0.15, -0.1) is 0 Å². The third-order valence-corrected chi connectivity index (χ3v) is 3.33. The Morgan fingerprint density at radius 3 is 2.53 bits per heavy atom. The highest BCUT2D eigenvalue weighted by atomic mass is 32.2. The molecule has 0 radical (unpaired) electrons. The van der Waals surface area contributed by atoms with Crippen LogP contribution in [-0.4, -0.2) is 26.6 Å². The molecule has 0 aromatic heterocycles. The van der Waals surface area contributed by atoms with Crippen molar-refractivity contribution in [3.05, 3.63) is 0 Å². The largest absolute Gasteiger partial charge is 0.388 e. The van der Waals surface area contributed by atoms with Gasteiger partial charge in [-0.25, -0.2) is 13.1 Å².